The largest absolute Gasteiger partial charge is 0.355 e. The molecular formula is C13H10N4O2. The molecule has 2 aromatic heterocycles. The summed E-state index contributed by atoms with van der Waals surface area (Å²) in [6.45, 7) is 0. The van der Waals surface area contributed by atoms with Crippen molar-refractivity contribution in [2.75, 3.05) is 5.32 Å². The third kappa shape index (κ3) is 2.11. The van der Waals surface area contributed by atoms with Crippen LogP contribution in [0.2, 0.25) is 0 Å². The normalized spacial score (nSPS) is 10.5. The number of nitro benzene ring substituents is 1. The van der Waals surface area contributed by atoms with E-state index in [1.807, 2.05) is 12.1 Å². The number of nitro groups is 1. The summed E-state index contributed by atoms with van der Waals surface area (Å²) < 4.78 is 0. The molecule has 1 aromatic carbocycles. The molecule has 0 aliphatic carbocycles. The second-order valence-electron chi connectivity index (χ2n) is 4.03. The lowest BCUT2D eigenvalue weighted by atomic mass is 10.2. The summed E-state index contributed by atoms with van der Waals surface area (Å²) in [7, 11) is 0. The molecule has 0 amide bonds. The molecular weight excluding hydrogens is 244 g/mol. The Kier molecular flexibility index (Phi) is 2.60. The van der Waals surface area contributed by atoms with Crippen LogP contribution in [0.3, 0.4) is 0 Å². The Labute approximate surface area is 108 Å². The number of fused-ring (bicyclic) bond motifs is 1. The van der Waals surface area contributed by atoms with Crippen LogP contribution in [0, 0.1) is 10.1 Å². The zero-order valence-electron chi connectivity index (χ0n) is 9.83. The highest BCUT2D eigenvalue weighted by Gasteiger charge is 2.07. The molecule has 6 heteroatoms. The van der Waals surface area contributed by atoms with Gasteiger partial charge in [0.1, 0.15) is 5.65 Å². The molecule has 0 atom stereocenters. The van der Waals surface area contributed by atoms with Crippen LogP contribution in [0.5, 0.6) is 0 Å². The monoisotopic (exact) mass is 254 g/mol. The number of anilines is 2. The SMILES string of the molecule is O=[N+]([O-])c1cccc(Nc2ccnc3[nH]ccc23)c1. The van der Waals surface area contributed by atoms with Crippen molar-refractivity contribution in [1.82, 2.24) is 9.97 Å². The summed E-state index contributed by atoms with van der Waals surface area (Å²) in [5.41, 5.74) is 2.36. The Hall–Kier alpha value is -2.89. The second-order valence-corrected chi connectivity index (χ2v) is 4.03. The number of non-ortho nitro benzene ring substituents is 1. The summed E-state index contributed by atoms with van der Waals surface area (Å²) in [5, 5.41) is 14.8. The van der Waals surface area contributed by atoms with Gasteiger partial charge in [-0.3, -0.25) is 10.1 Å². The van der Waals surface area contributed by atoms with Gasteiger partial charge in [-0.05, 0) is 18.2 Å². The van der Waals surface area contributed by atoms with Gasteiger partial charge in [0.15, 0.2) is 0 Å². The molecule has 6 nitrogen and oxygen atoms in total. The van der Waals surface area contributed by atoms with E-state index in [9.17, 15) is 10.1 Å². The number of nitrogens with one attached hydrogen (secondary N) is 2. The van der Waals surface area contributed by atoms with Crippen LogP contribution in [0.15, 0.2) is 48.8 Å². The van der Waals surface area contributed by atoms with Crippen molar-refractivity contribution in [3.05, 3.63) is 58.9 Å². The minimum absolute atomic E-state index is 0.0596. The van der Waals surface area contributed by atoms with Crippen molar-refractivity contribution >= 4 is 28.1 Å². The highest BCUT2D eigenvalue weighted by atomic mass is 16.6. The highest BCUT2D eigenvalue weighted by Crippen LogP contribution is 2.26. The average Bonchev–Trinajstić information content (AvgIpc) is 2.88. The fraction of sp³-hybridized carbons (Fsp3) is 0. The van der Waals surface area contributed by atoms with Crippen LogP contribution in [-0.2, 0) is 0 Å². The summed E-state index contributed by atoms with van der Waals surface area (Å²) in [4.78, 5) is 17.5. The maximum Gasteiger partial charge on any atom is 0.271 e. The van der Waals surface area contributed by atoms with Crippen molar-refractivity contribution in [3.8, 4) is 0 Å². The molecule has 0 unspecified atom stereocenters. The number of hydrogen-bond donors (Lipinski definition) is 2. The number of H-pyrrole nitrogens is 1. The van der Waals surface area contributed by atoms with Gasteiger partial charge in [0, 0.05) is 35.6 Å². The molecule has 0 bridgehead atoms. The van der Waals surface area contributed by atoms with E-state index in [0.717, 1.165) is 16.7 Å². The Balaban J connectivity index is 1.99. The van der Waals surface area contributed by atoms with Crippen LogP contribution in [0.4, 0.5) is 17.1 Å². The third-order valence-electron chi connectivity index (χ3n) is 2.80. The molecule has 3 aromatic rings. The van der Waals surface area contributed by atoms with Gasteiger partial charge < -0.3 is 10.3 Å². The standard InChI is InChI=1S/C13H10N4O2/c18-17(19)10-3-1-2-9(8-10)16-12-5-7-15-13-11(12)4-6-14-13/h1-8H,(H2,14,15,16). The van der Waals surface area contributed by atoms with Gasteiger partial charge >= 0.3 is 0 Å². The second kappa shape index (κ2) is 4.41. The van der Waals surface area contributed by atoms with Gasteiger partial charge in [0.05, 0.1) is 10.6 Å². The molecule has 94 valence electrons. The molecule has 0 fully saturated rings. The summed E-state index contributed by atoms with van der Waals surface area (Å²) in [6, 6.07) is 10.1. The lowest BCUT2D eigenvalue weighted by Gasteiger charge is -2.07. The third-order valence-corrected chi connectivity index (χ3v) is 2.80. The molecule has 0 spiro atoms. The summed E-state index contributed by atoms with van der Waals surface area (Å²) >= 11 is 0. The quantitative estimate of drug-likeness (QED) is 0.555. The Morgan fingerprint density at radius 3 is 3.00 bits per heavy atom. The smallest absolute Gasteiger partial charge is 0.271 e. The van der Waals surface area contributed by atoms with Gasteiger partial charge in [0.2, 0.25) is 0 Å². The molecule has 0 saturated carbocycles. The number of hydrogen-bond acceptors (Lipinski definition) is 4. The molecule has 0 aliphatic heterocycles. The topological polar surface area (TPSA) is 83.8 Å². The number of rotatable bonds is 3. The Bertz CT molecular complexity index is 751. The van der Waals surface area contributed by atoms with Crippen molar-refractivity contribution < 1.29 is 4.92 Å². The molecule has 0 aliphatic rings. The first-order chi connectivity index (χ1) is 9.24. The van der Waals surface area contributed by atoms with E-state index in [-0.39, 0.29) is 5.69 Å². The first kappa shape index (κ1) is 11.2. The van der Waals surface area contributed by atoms with E-state index >= 15 is 0 Å². The van der Waals surface area contributed by atoms with Crippen LogP contribution in [0.1, 0.15) is 0 Å². The zero-order valence-corrected chi connectivity index (χ0v) is 9.83. The fourth-order valence-electron chi connectivity index (χ4n) is 1.92. The molecule has 19 heavy (non-hydrogen) atoms. The number of benzene rings is 1. The number of pyridine rings is 1. The Morgan fingerprint density at radius 1 is 1.26 bits per heavy atom. The van der Waals surface area contributed by atoms with Crippen molar-refractivity contribution in [1.29, 1.82) is 0 Å². The minimum Gasteiger partial charge on any atom is -0.355 e. The van der Waals surface area contributed by atoms with E-state index < -0.39 is 4.92 Å². The van der Waals surface area contributed by atoms with E-state index in [0.29, 0.717) is 5.69 Å². The molecule has 3 rings (SSSR count). The van der Waals surface area contributed by atoms with E-state index in [2.05, 4.69) is 15.3 Å². The van der Waals surface area contributed by atoms with E-state index in [1.165, 1.54) is 12.1 Å². The van der Waals surface area contributed by atoms with Crippen LogP contribution >= 0.6 is 0 Å². The van der Waals surface area contributed by atoms with Gasteiger partial charge in [0.25, 0.3) is 5.69 Å². The van der Waals surface area contributed by atoms with E-state index in [1.54, 1.807) is 24.5 Å². The lowest BCUT2D eigenvalue weighted by molar-refractivity contribution is -0.384. The van der Waals surface area contributed by atoms with Gasteiger partial charge in [-0.15, -0.1) is 0 Å². The summed E-state index contributed by atoms with van der Waals surface area (Å²) in [6.07, 6.45) is 3.48. The minimum atomic E-state index is -0.413. The van der Waals surface area contributed by atoms with Crippen molar-refractivity contribution in [2.24, 2.45) is 0 Å². The number of aromatic amines is 1. The fourth-order valence-corrected chi connectivity index (χ4v) is 1.92. The molecule has 0 radical (unpaired) electrons. The first-order valence-electron chi connectivity index (χ1n) is 5.67. The predicted molar refractivity (Wildman–Crippen MR) is 72.5 cm³/mol. The highest BCUT2D eigenvalue weighted by molar-refractivity contribution is 5.91. The van der Waals surface area contributed by atoms with Gasteiger partial charge in [-0.25, -0.2) is 4.98 Å². The van der Waals surface area contributed by atoms with Gasteiger partial charge in [-0.2, -0.15) is 0 Å². The van der Waals surface area contributed by atoms with Crippen molar-refractivity contribution in [3.63, 3.8) is 0 Å². The van der Waals surface area contributed by atoms with Crippen LogP contribution in [-0.4, -0.2) is 14.9 Å². The summed E-state index contributed by atoms with van der Waals surface area (Å²) in [5.74, 6) is 0. The number of nitrogens with zero attached hydrogens (tertiary/aromatic N) is 2. The zero-order chi connectivity index (χ0) is 13.2. The molecule has 2 heterocycles. The van der Waals surface area contributed by atoms with E-state index in [4.69, 9.17) is 0 Å². The molecule has 0 saturated heterocycles. The Morgan fingerprint density at radius 2 is 2.16 bits per heavy atom. The first-order valence-corrected chi connectivity index (χ1v) is 5.67. The lowest BCUT2D eigenvalue weighted by Crippen LogP contribution is -1.93. The van der Waals surface area contributed by atoms with Crippen LogP contribution < -0.4 is 5.32 Å². The van der Waals surface area contributed by atoms with Crippen molar-refractivity contribution in [2.45, 2.75) is 0 Å². The predicted octanol–water partition coefficient (Wildman–Crippen LogP) is 3.21. The average molecular weight is 254 g/mol. The molecule has 2 N–H and O–H groups in total. The van der Waals surface area contributed by atoms with Gasteiger partial charge in [-0.1, -0.05) is 6.07 Å². The maximum atomic E-state index is 10.7. The maximum absolute atomic E-state index is 10.7. The van der Waals surface area contributed by atoms with Crippen LogP contribution in [0.25, 0.3) is 11.0 Å². The number of aromatic nitrogens is 2.